The first-order chi connectivity index (χ1) is 14.8. The second kappa shape index (κ2) is 10.3. The van der Waals surface area contributed by atoms with Crippen LogP contribution in [0.1, 0.15) is 26.3 Å². The lowest BCUT2D eigenvalue weighted by Crippen LogP contribution is -2.39. The zero-order chi connectivity index (χ0) is 22.3. The van der Waals surface area contributed by atoms with E-state index in [4.69, 9.17) is 9.47 Å². The highest BCUT2D eigenvalue weighted by atomic mass is 16.6. The van der Waals surface area contributed by atoms with Crippen LogP contribution in [0.2, 0.25) is 0 Å². The molecular formula is C23H30N4O4. The monoisotopic (exact) mass is 426 g/mol. The Bertz CT molecular complexity index is 887. The molecule has 2 heterocycles. The van der Waals surface area contributed by atoms with Gasteiger partial charge in [-0.05, 0) is 50.1 Å². The highest BCUT2D eigenvalue weighted by Crippen LogP contribution is 2.22. The Morgan fingerprint density at radius 2 is 1.87 bits per heavy atom. The van der Waals surface area contributed by atoms with Crippen LogP contribution in [-0.4, -0.2) is 55.4 Å². The molecular weight excluding hydrogens is 396 g/mol. The minimum Gasteiger partial charge on any atom is -0.444 e. The van der Waals surface area contributed by atoms with Gasteiger partial charge >= 0.3 is 6.09 Å². The summed E-state index contributed by atoms with van der Waals surface area (Å²) in [6, 6.07) is 12.0. The van der Waals surface area contributed by atoms with Crippen LogP contribution in [-0.2, 0) is 20.8 Å². The molecule has 0 saturated carbocycles. The maximum absolute atomic E-state index is 12.0. The quantitative estimate of drug-likeness (QED) is 0.738. The lowest BCUT2D eigenvalue weighted by molar-refractivity contribution is -0.120. The van der Waals surface area contributed by atoms with Gasteiger partial charge in [0.15, 0.2) is 0 Å². The van der Waals surface area contributed by atoms with Gasteiger partial charge in [0.1, 0.15) is 18.0 Å². The summed E-state index contributed by atoms with van der Waals surface area (Å²) in [5.74, 6) is 0.667. The first kappa shape index (κ1) is 22.6. The SMILES string of the molecule is CC(C)(C)OC(=O)NCC(=O)NCc1cccc(-c2ccc(N3CCOCC3)nc2)c1. The Hall–Kier alpha value is -3.13. The van der Waals surface area contributed by atoms with Crippen LogP contribution in [0.25, 0.3) is 11.1 Å². The van der Waals surface area contributed by atoms with Crippen LogP contribution in [0, 0.1) is 0 Å². The summed E-state index contributed by atoms with van der Waals surface area (Å²) in [6.45, 7) is 8.69. The number of nitrogens with one attached hydrogen (secondary N) is 2. The Morgan fingerprint density at radius 1 is 1.10 bits per heavy atom. The molecule has 2 amide bonds. The summed E-state index contributed by atoms with van der Waals surface area (Å²) in [5, 5.41) is 5.26. The summed E-state index contributed by atoms with van der Waals surface area (Å²) in [4.78, 5) is 30.5. The van der Waals surface area contributed by atoms with Crippen LogP contribution in [0.15, 0.2) is 42.6 Å². The fourth-order valence-electron chi connectivity index (χ4n) is 3.13. The maximum Gasteiger partial charge on any atom is 0.408 e. The highest BCUT2D eigenvalue weighted by molar-refractivity contribution is 5.82. The Morgan fingerprint density at radius 3 is 2.55 bits per heavy atom. The average molecular weight is 427 g/mol. The lowest BCUT2D eigenvalue weighted by Gasteiger charge is -2.27. The number of morpholine rings is 1. The van der Waals surface area contributed by atoms with Crippen molar-refractivity contribution < 1.29 is 19.1 Å². The summed E-state index contributed by atoms with van der Waals surface area (Å²) >= 11 is 0. The third-order valence-corrected chi connectivity index (χ3v) is 4.63. The van der Waals surface area contributed by atoms with E-state index in [1.54, 1.807) is 20.8 Å². The van der Waals surface area contributed by atoms with Crippen LogP contribution in [0.4, 0.5) is 10.6 Å². The van der Waals surface area contributed by atoms with Gasteiger partial charge in [0.25, 0.3) is 0 Å². The normalized spacial score (nSPS) is 14.1. The molecule has 0 atom stereocenters. The standard InChI is InChI=1S/C23H30N4O4/c1-23(2,3)31-22(29)26-16-21(28)25-14-17-5-4-6-18(13-17)19-7-8-20(24-15-19)27-9-11-30-12-10-27/h4-8,13,15H,9-12,14,16H2,1-3H3,(H,25,28)(H,26,29). The van der Waals surface area contributed by atoms with Gasteiger partial charge in [-0.25, -0.2) is 9.78 Å². The molecule has 31 heavy (non-hydrogen) atoms. The van der Waals surface area contributed by atoms with Crippen molar-refractivity contribution in [2.45, 2.75) is 32.9 Å². The lowest BCUT2D eigenvalue weighted by atomic mass is 10.0. The van der Waals surface area contributed by atoms with Gasteiger partial charge < -0.3 is 25.0 Å². The molecule has 0 bridgehead atoms. The van der Waals surface area contributed by atoms with E-state index in [9.17, 15) is 9.59 Å². The van der Waals surface area contributed by atoms with E-state index < -0.39 is 11.7 Å². The summed E-state index contributed by atoms with van der Waals surface area (Å²) in [7, 11) is 0. The molecule has 0 unspecified atom stereocenters. The van der Waals surface area contributed by atoms with Crippen LogP contribution in [0.5, 0.6) is 0 Å². The maximum atomic E-state index is 12.0. The number of carbonyl (C=O) groups is 2. The largest absolute Gasteiger partial charge is 0.444 e. The number of hydrogen-bond acceptors (Lipinski definition) is 6. The number of nitrogens with zero attached hydrogens (tertiary/aromatic N) is 2. The van der Waals surface area contributed by atoms with E-state index in [2.05, 4.69) is 26.6 Å². The van der Waals surface area contributed by atoms with Crippen molar-refractivity contribution in [1.82, 2.24) is 15.6 Å². The summed E-state index contributed by atoms with van der Waals surface area (Å²) in [5.41, 5.74) is 2.40. The second-order valence-corrected chi connectivity index (χ2v) is 8.34. The van der Waals surface area contributed by atoms with Crippen molar-refractivity contribution in [3.05, 3.63) is 48.2 Å². The highest BCUT2D eigenvalue weighted by Gasteiger charge is 2.16. The molecule has 1 aromatic carbocycles. The first-order valence-corrected chi connectivity index (χ1v) is 10.4. The van der Waals surface area contributed by atoms with Gasteiger partial charge in [0.05, 0.1) is 13.2 Å². The minimum atomic E-state index is -0.613. The number of benzene rings is 1. The number of ether oxygens (including phenoxy) is 2. The number of carbonyl (C=O) groups excluding carboxylic acids is 2. The number of anilines is 1. The summed E-state index contributed by atoms with van der Waals surface area (Å²) < 4.78 is 10.5. The van der Waals surface area contributed by atoms with Gasteiger partial charge in [0.2, 0.25) is 5.91 Å². The molecule has 8 nitrogen and oxygen atoms in total. The van der Waals surface area contributed by atoms with Crippen molar-refractivity contribution in [2.24, 2.45) is 0 Å². The number of pyridine rings is 1. The molecule has 1 saturated heterocycles. The summed E-state index contributed by atoms with van der Waals surface area (Å²) in [6.07, 6.45) is 1.26. The van der Waals surface area contributed by atoms with Crippen LogP contribution in [0.3, 0.4) is 0 Å². The van der Waals surface area contributed by atoms with E-state index in [1.807, 2.05) is 36.5 Å². The number of rotatable bonds is 6. The van der Waals surface area contributed by atoms with Gasteiger partial charge in [-0.1, -0.05) is 18.2 Å². The molecule has 0 aliphatic carbocycles. The molecule has 2 N–H and O–H groups in total. The van der Waals surface area contributed by atoms with Crippen LogP contribution >= 0.6 is 0 Å². The number of amides is 2. The second-order valence-electron chi connectivity index (χ2n) is 8.34. The van der Waals surface area contributed by atoms with E-state index in [0.717, 1.165) is 48.8 Å². The molecule has 0 spiro atoms. The minimum absolute atomic E-state index is 0.137. The van der Waals surface area contributed by atoms with Gasteiger partial charge in [-0.3, -0.25) is 4.79 Å². The average Bonchev–Trinajstić information content (AvgIpc) is 2.76. The molecule has 166 valence electrons. The molecule has 3 rings (SSSR count). The zero-order valence-electron chi connectivity index (χ0n) is 18.3. The number of aromatic nitrogens is 1. The predicted octanol–water partition coefficient (Wildman–Crippen LogP) is 2.73. The fraction of sp³-hybridized carbons (Fsp3) is 0.435. The molecule has 1 aliphatic rings. The van der Waals surface area contributed by atoms with Crippen molar-refractivity contribution in [3.63, 3.8) is 0 Å². The third-order valence-electron chi connectivity index (χ3n) is 4.63. The van der Waals surface area contributed by atoms with Gasteiger partial charge in [-0.2, -0.15) is 0 Å². The Kier molecular flexibility index (Phi) is 7.46. The molecule has 8 heteroatoms. The van der Waals surface area contributed by atoms with Crippen molar-refractivity contribution in [1.29, 1.82) is 0 Å². The molecule has 1 aliphatic heterocycles. The van der Waals surface area contributed by atoms with E-state index in [0.29, 0.717) is 6.54 Å². The molecule has 1 aromatic heterocycles. The van der Waals surface area contributed by atoms with Crippen LogP contribution < -0.4 is 15.5 Å². The van der Waals surface area contributed by atoms with Crippen molar-refractivity contribution in [2.75, 3.05) is 37.7 Å². The topological polar surface area (TPSA) is 92.8 Å². The van der Waals surface area contributed by atoms with E-state index >= 15 is 0 Å². The van der Waals surface area contributed by atoms with Crippen molar-refractivity contribution in [3.8, 4) is 11.1 Å². The number of hydrogen-bond donors (Lipinski definition) is 2. The van der Waals surface area contributed by atoms with E-state index in [-0.39, 0.29) is 12.5 Å². The fourth-order valence-corrected chi connectivity index (χ4v) is 3.13. The molecule has 0 radical (unpaired) electrons. The van der Waals surface area contributed by atoms with Gasteiger partial charge in [-0.15, -0.1) is 0 Å². The molecule has 2 aromatic rings. The smallest absolute Gasteiger partial charge is 0.408 e. The van der Waals surface area contributed by atoms with Gasteiger partial charge in [0, 0.05) is 31.4 Å². The zero-order valence-corrected chi connectivity index (χ0v) is 18.3. The predicted molar refractivity (Wildman–Crippen MR) is 119 cm³/mol. The third kappa shape index (κ3) is 7.25. The van der Waals surface area contributed by atoms with E-state index in [1.165, 1.54) is 0 Å². The Balaban J connectivity index is 1.52. The Labute approximate surface area is 182 Å². The first-order valence-electron chi connectivity index (χ1n) is 10.4. The van der Waals surface area contributed by atoms with Crippen molar-refractivity contribution >= 4 is 17.8 Å². The molecule has 1 fully saturated rings. The number of alkyl carbamates (subject to hydrolysis) is 1.